The Bertz CT molecular complexity index is 972. The van der Waals surface area contributed by atoms with Crippen LogP contribution in [0.3, 0.4) is 0 Å². The van der Waals surface area contributed by atoms with Crippen LogP contribution in [0, 0.1) is 0 Å². The number of amides is 3. The van der Waals surface area contributed by atoms with E-state index in [0.717, 1.165) is 29.9 Å². The van der Waals surface area contributed by atoms with Gasteiger partial charge in [0.2, 0.25) is 0 Å². The van der Waals surface area contributed by atoms with Gasteiger partial charge in [0.15, 0.2) is 5.13 Å². The van der Waals surface area contributed by atoms with Crippen LogP contribution in [-0.4, -0.2) is 65.8 Å². The molecule has 1 aromatic carbocycles. The molecule has 1 fully saturated rings. The fourth-order valence-electron chi connectivity index (χ4n) is 3.64. The van der Waals surface area contributed by atoms with Gasteiger partial charge in [0.1, 0.15) is 0 Å². The number of benzene rings is 1. The number of aromatic nitrogens is 1. The topological polar surface area (TPSA) is 94.1 Å². The van der Waals surface area contributed by atoms with Gasteiger partial charge in [-0.25, -0.2) is 9.78 Å². The monoisotopic (exact) mass is 476 g/mol. The predicted octanol–water partition coefficient (Wildman–Crippen LogP) is 4.42. The lowest BCUT2D eigenvalue weighted by atomic mass is 10.1. The Labute approximate surface area is 196 Å². The Hall–Kier alpha value is -2.59. The lowest BCUT2D eigenvalue weighted by Gasteiger charge is -2.32. The second kappa shape index (κ2) is 10.8. The maximum atomic E-state index is 13.6. The van der Waals surface area contributed by atoms with Crippen molar-refractivity contribution in [2.45, 2.75) is 42.4 Å². The third-order valence-electron chi connectivity index (χ3n) is 5.28. The summed E-state index contributed by atoms with van der Waals surface area (Å²) < 4.78 is 0.867. The summed E-state index contributed by atoms with van der Waals surface area (Å²) in [5.41, 5.74) is 1.24. The molecule has 1 saturated carbocycles. The number of thiazole rings is 1. The summed E-state index contributed by atoms with van der Waals surface area (Å²) in [4.78, 5) is 46.0. The molecule has 3 rings (SSSR count). The summed E-state index contributed by atoms with van der Waals surface area (Å²) in [5.74, 6) is -0.492. The molecule has 0 radical (unpaired) electrons. The molecule has 0 unspecified atom stereocenters. The van der Waals surface area contributed by atoms with Gasteiger partial charge in [0.25, 0.3) is 5.91 Å². The smallest absolute Gasteiger partial charge is 0.330 e. The minimum atomic E-state index is -0.836. The number of carboxylic acids is 1. The Morgan fingerprint density at radius 3 is 2.56 bits per heavy atom. The molecule has 0 spiro atoms. The predicted molar refractivity (Wildman–Crippen MR) is 128 cm³/mol. The van der Waals surface area contributed by atoms with Crippen molar-refractivity contribution in [1.82, 2.24) is 9.88 Å². The summed E-state index contributed by atoms with van der Waals surface area (Å²) in [6.45, 7) is 0. The van der Waals surface area contributed by atoms with Crippen LogP contribution in [0.4, 0.5) is 15.6 Å². The van der Waals surface area contributed by atoms with Crippen molar-refractivity contribution in [3.63, 3.8) is 0 Å². The van der Waals surface area contributed by atoms with Crippen LogP contribution in [0.2, 0.25) is 0 Å². The molecule has 1 heterocycles. The average Bonchev–Trinajstić information content (AvgIpc) is 3.45. The van der Waals surface area contributed by atoms with Crippen molar-refractivity contribution in [1.29, 1.82) is 0 Å². The van der Waals surface area contributed by atoms with Crippen molar-refractivity contribution in [3.8, 4) is 0 Å². The van der Waals surface area contributed by atoms with E-state index < -0.39 is 5.97 Å². The quantitative estimate of drug-likeness (QED) is 0.567. The highest BCUT2D eigenvalue weighted by atomic mass is 32.2. The van der Waals surface area contributed by atoms with Crippen molar-refractivity contribution in [3.05, 3.63) is 36.0 Å². The van der Waals surface area contributed by atoms with E-state index in [2.05, 4.69) is 4.98 Å². The SMILES string of the molecule is CN(C)C(=O)c1cccc(N(C(=O)N(C)c2ncc(SCCC(=O)O)s2)C2CCCC2)c1. The molecule has 1 aliphatic carbocycles. The number of urea groups is 1. The molecule has 0 atom stereocenters. The minimum absolute atomic E-state index is 0.0685. The number of nitrogens with zero attached hydrogens (tertiary/aromatic N) is 4. The number of carbonyl (C=O) groups is 3. The number of thioether (sulfide) groups is 1. The van der Waals surface area contributed by atoms with E-state index in [9.17, 15) is 14.4 Å². The van der Waals surface area contributed by atoms with Crippen molar-refractivity contribution >= 4 is 51.8 Å². The van der Waals surface area contributed by atoms with Crippen LogP contribution in [0.1, 0.15) is 42.5 Å². The molecule has 0 saturated heterocycles. The van der Waals surface area contributed by atoms with Crippen LogP contribution in [0.5, 0.6) is 0 Å². The average molecular weight is 477 g/mol. The Morgan fingerprint density at radius 2 is 1.91 bits per heavy atom. The molecule has 2 aromatic rings. The zero-order chi connectivity index (χ0) is 23.3. The molecule has 1 aromatic heterocycles. The molecule has 0 aliphatic heterocycles. The van der Waals surface area contributed by atoms with E-state index in [0.29, 0.717) is 22.1 Å². The minimum Gasteiger partial charge on any atom is -0.481 e. The van der Waals surface area contributed by atoms with Gasteiger partial charge in [-0.05, 0) is 31.0 Å². The largest absolute Gasteiger partial charge is 0.481 e. The first-order valence-corrected chi connectivity index (χ1v) is 12.3. The molecule has 32 heavy (non-hydrogen) atoms. The van der Waals surface area contributed by atoms with Gasteiger partial charge in [-0.2, -0.15) is 0 Å². The standard InChI is InChI=1S/C22H28N4O4S2/c1-24(2)20(29)15-7-6-10-17(13-15)26(16-8-4-5-9-16)22(30)25(3)21-23-14-19(32-21)31-12-11-18(27)28/h6-7,10,13-14,16H,4-5,8-9,11-12H2,1-3H3,(H,27,28). The van der Waals surface area contributed by atoms with E-state index in [-0.39, 0.29) is 24.4 Å². The number of hydrogen-bond donors (Lipinski definition) is 1. The van der Waals surface area contributed by atoms with Crippen molar-refractivity contribution in [2.75, 3.05) is 36.7 Å². The van der Waals surface area contributed by atoms with Gasteiger partial charge in [-0.3, -0.25) is 19.4 Å². The summed E-state index contributed by atoms with van der Waals surface area (Å²) in [6, 6.07) is 7.09. The Kier molecular flexibility index (Phi) is 8.14. The van der Waals surface area contributed by atoms with E-state index >= 15 is 0 Å². The first-order chi connectivity index (χ1) is 15.3. The molecule has 8 nitrogen and oxygen atoms in total. The molecule has 10 heteroatoms. The Balaban J connectivity index is 1.83. The zero-order valence-corrected chi connectivity index (χ0v) is 20.1. The van der Waals surface area contributed by atoms with Gasteiger partial charge in [0, 0.05) is 44.2 Å². The number of carbonyl (C=O) groups excluding carboxylic acids is 2. The van der Waals surface area contributed by atoms with E-state index in [4.69, 9.17) is 5.11 Å². The van der Waals surface area contributed by atoms with E-state index in [1.165, 1.54) is 32.9 Å². The first kappa shape index (κ1) is 24.1. The third kappa shape index (κ3) is 5.80. The molecule has 0 bridgehead atoms. The third-order valence-corrected chi connectivity index (χ3v) is 7.55. The maximum absolute atomic E-state index is 13.6. The molecular weight excluding hydrogens is 448 g/mol. The highest BCUT2D eigenvalue weighted by Gasteiger charge is 2.32. The van der Waals surface area contributed by atoms with Gasteiger partial charge in [0.05, 0.1) is 16.8 Å². The highest BCUT2D eigenvalue weighted by molar-refractivity contribution is 8.01. The fourth-order valence-corrected chi connectivity index (χ4v) is 5.56. The number of rotatable bonds is 8. The number of anilines is 2. The lowest BCUT2D eigenvalue weighted by molar-refractivity contribution is -0.136. The van der Waals surface area contributed by atoms with Crippen molar-refractivity contribution < 1.29 is 19.5 Å². The molecular formula is C22H28N4O4S2. The van der Waals surface area contributed by atoms with Crippen molar-refractivity contribution in [2.24, 2.45) is 0 Å². The Morgan fingerprint density at radius 1 is 1.19 bits per heavy atom. The zero-order valence-electron chi connectivity index (χ0n) is 18.5. The second-order valence-corrected chi connectivity index (χ2v) is 10.3. The maximum Gasteiger partial charge on any atom is 0.330 e. The fraction of sp³-hybridized carbons (Fsp3) is 0.455. The van der Waals surface area contributed by atoms with Crippen LogP contribution in [0.25, 0.3) is 0 Å². The summed E-state index contributed by atoms with van der Waals surface area (Å²) in [7, 11) is 5.11. The first-order valence-electron chi connectivity index (χ1n) is 10.5. The number of carboxylic acid groups (broad SMARTS) is 1. The second-order valence-electron chi connectivity index (χ2n) is 7.85. The van der Waals surface area contributed by atoms with Gasteiger partial charge >= 0.3 is 12.0 Å². The molecule has 1 aliphatic rings. The van der Waals surface area contributed by atoms with Gasteiger partial charge in [-0.1, -0.05) is 30.2 Å². The molecule has 1 N–H and O–H groups in total. The van der Waals surface area contributed by atoms with E-state index in [1.807, 2.05) is 12.1 Å². The van der Waals surface area contributed by atoms with Gasteiger partial charge < -0.3 is 10.0 Å². The van der Waals surface area contributed by atoms with Crippen LogP contribution < -0.4 is 9.80 Å². The summed E-state index contributed by atoms with van der Waals surface area (Å²) >= 11 is 2.78. The molecule has 172 valence electrons. The van der Waals surface area contributed by atoms with Crippen LogP contribution in [0.15, 0.2) is 34.7 Å². The number of aliphatic carboxylic acids is 1. The normalized spacial score (nSPS) is 13.7. The van der Waals surface area contributed by atoms with E-state index in [1.54, 1.807) is 44.4 Å². The summed E-state index contributed by atoms with van der Waals surface area (Å²) in [6.07, 6.45) is 5.71. The summed E-state index contributed by atoms with van der Waals surface area (Å²) in [5, 5.41) is 9.36. The molecule has 3 amide bonds. The highest BCUT2D eigenvalue weighted by Crippen LogP contribution is 2.34. The van der Waals surface area contributed by atoms with Crippen LogP contribution in [-0.2, 0) is 4.79 Å². The van der Waals surface area contributed by atoms with Gasteiger partial charge in [-0.15, -0.1) is 11.8 Å². The number of hydrogen-bond acceptors (Lipinski definition) is 6. The van der Waals surface area contributed by atoms with Crippen LogP contribution >= 0.6 is 23.1 Å². The lowest BCUT2D eigenvalue weighted by Crippen LogP contribution is -2.46.